The van der Waals surface area contributed by atoms with Gasteiger partial charge < -0.3 is 11.5 Å². The van der Waals surface area contributed by atoms with Crippen molar-refractivity contribution in [2.24, 2.45) is 21.7 Å². The van der Waals surface area contributed by atoms with Crippen LogP contribution in [0.1, 0.15) is 33.4 Å². The van der Waals surface area contributed by atoms with Gasteiger partial charge >= 0.3 is 0 Å². The van der Waals surface area contributed by atoms with E-state index in [2.05, 4.69) is 10.2 Å². The molecule has 0 aliphatic heterocycles. The molecule has 0 spiro atoms. The first-order chi connectivity index (χ1) is 23.5. The Morgan fingerprint density at radius 3 is 1.18 bits per heavy atom. The van der Waals surface area contributed by atoms with Gasteiger partial charge in [0, 0.05) is 31.2 Å². The molecular weight excluding hydrogens is 770 g/mol. The minimum atomic E-state index is -5.20. The van der Waals surface area contributed by atoms with Crippen LogP contribution in [0.2, 0.25) is 20.1 Å². The zero-order valence-electron chi connectivity index (χ0n) is 25.1. The lowest BCUT2D eigenvalue weighted by Gasteiger charge is -2.41. The second-order valence-corrected chi connectivity index (χ2v) is 16.4. The van der Waals surface area contributed by atoms with Crippen LogP contribution < -0.4 is 11.5 Å². The predicted octanol–water partition coefficient (Wildman–Crippen LogP) is 7.66. The molecule has 4 atom stereocenters. The molecule has 0 heterocycles. The number of rotatable bonds is 7. The molecule has 6 rings (SSSR count). The van der Waals surface area contributed by atoms with E-state index in [1.807, 2.05) is 0 Å². The van der Waals surface area contributed by atoms with E-state index in [1.165, 1.54) is 60.7 Å². The molecule has 4 unspecified atom stereocenters. The molecular formula is C32H24Cl4N6O6S2. The first-order valence-electron chi connectivity index (χ1n) is 14.3. The lowest BCUT2D eigenvalue weighted by molar-refractivity contribution is 0.423. The van der Waals surface area contributed by atoms with E-state index < -0.39 is 41.8 Å². The van der Waals surface area contributed by atoms with Crippen LogP contribution in [0.25, 0.3) is 23.3 Å². The van der Waals surface area contributed by atoms with Crippen LogP contribution >= 0.6 is 46.4 Å². The minimum absolute atomic E-state index is 0.0434. The number of halogens is 4. The third-order valence-electron chi connectivity index (χ3n) is 9.07. The number of nitrogens with one attached hydrogen (secondary N) is 2. The highest BCUT2D eigenvalue weighted by atomic mass is 35.5. The smallest absolute Gasteiger partial charge is 0.281 e. The number of hydrogen-bond acceptors (Lipinski definition) is 10. The molecule has 0 fully saturated rings. The maximum Gasteiger partial charge on any atom is 0.281 e. The van der Waals surface area contributed by atoms with Gasteiger partial charge in [-0.3, -0.25) is 9.11 Å². The number of nitrogens with zero attached hydrogens (tertiary/aromatic N) is 2. The molecule has 0 amide bonds. The van der Waals surface area contributed by atoms with Gasteiger partial charge in [0.05, 0.1) is 23.5 Å². The summed E-state index contributed by atoms with van der Waals surface area (Å²) in [5.74, 6) is 0. The molecule has 258 valence electrons. The number of benzene rings is 4. The first kappa shape index (κ1) is 36.3. The lowest BCUT2D eigenvalue weighted by Crippen LogP contribution is -2.54. The van der Waals surface area contributed by atoms with Crippen molar-refractivity contribution in [3.05, 3.63) is 138 Å². The minimum Gasteiger partial charge on any atom is -0.321 e. The van der Waals surface area contributed by atoms with Crippen molar-refractivity contribution in [1.82, 2.24) is 0 Å². The van der Waals surface area contributed by atoms with Crippen LogP contribution in [0.4, 0.5) is 0 Å². The summed E-state index contributed by atoms with van der Waals surface area (Å²) in [6.07, 6.45) is 2.84. The molecule has 8 N–H and O–H groups in total. The summed E-state index contributed by atoms with van der Waals surface area (Å²) >= 11 is 27.3. The van der Waals surface area contributed by atoms with E-state index in [0.717, 1.165) is 0 Å². The molecule has 2 aliphatic rings. The fraction of sp³-hybridized carbons (Fsp3) is 0.125. The van der Waals surface area contributed by atoms with E-state index >= 15 is 0 Å². The van der Waals surface area contributed by atoms with E-state index in [1.54, 1.807) is 24.3 Å². The number of hydrogen-bond donors (Lipinski definition) is 6. The van der Waals surface area contributed by atoms with Gasteiger partial charge in [-0.1, -0.05) is 94.9 Å². The Hall–Kier alpha value is -3.54. The Morgan fingerprint density at radius 1 is 0.600 bits per heavy atom. The molecule has 4 aromatic carbocycles. The fourth-order valence-electron chi connectivity index (χ4n) is 7.00. The van der Waals surface area contributed by atoms with Gasteiger partial charge in [0.15, 0.2) is 9.49 Å². The summed E-state index contributed by atoms with van der Waals surface area (Å²) in [5, 5.41) is 5.77. The first-order valence-corrected chi connectivity index (χ1v) is 18.7. The van der Waals surface area contributed by atoms with Gasteiger partial charge in [0.1, 0.15) is 0 Å². The number of nitrogens with two attached hydrogens (primary N) is 2. The molecule has 12 nitrogen and oxygen atoms in total. The molecule has 2 aliphatic carbocycles. The molecule has 0 saturated carbocycles. The molecule has 0 saturated heterocycles. The molecule has 50 heavy (non-hydrogen) atoms. The maximum absolute atomic E-state index is 13.4. The number of fused-ring (bicyclic) bond motifs is 2. The highest BCUT2D eigenvalue weighted by Gasteiger charge is 2.59. The maximum atomic E-state index is 13.4. The van der Waals surface area contributed by atoms with Gasteiger partial charge in [0.25, 0.3) is 20.2 Å². The largest absolute Gasteiger partial charge is 0.321 e. The molecule has 0 radical (unpaired) electrons. The van der Waals surface area contributed by atoms with E-state index in [4.69, 9.17) is 68.9 Å². The second kappa shape index (κ2) is 12.6. The molecule has 0 bridgehead atoms. The predicted molar refractivity (Wildman–Crippen MR) is 192 cm³/mol. The van der Waals surface area contributed by atoms with Gasteiger partial charge in [0.2, 0.25) is 0 Å². The summed E-state index contributed by atoms with van der Waals surface area (Å²) in [7, 11) is -10.4. The second-order valence-electron chi connectivity index (χ2n) is 11.5. The van der Waals surface area contributed by atoms with Crippen molar-refractivity contribution in [2.45, 2.75) is 21.6 Å². The van der Waals surface area contributed by atoms with Crippen LogP contribution in [0.15, 0.2) is 94.4 Å². The van der Waals surface area contributed by atoms with Gasteiger partial charge in [-0.15, -0.1) is 0 Å². The van der Waals surface area contributed by atoms with Crippen molar-refractivity contribution >= 4 is 78.8 Å². The summed E-state index contributed by atoms with van der Waals surface area (Å²) < 4.78 is 70.5. The highest BCUT2D eigenvalue weighted by Crippen LogP contribution is 2.54. The van der Waals surface area contributed by atoms with Gasteiger partial charge in [-0.2, -0.15) is 27.1 Å². The molecule has 0 aromatic heterocycles. The Kier molecular flexibility index (Phi) is 9.13. The van der Waals surface area contributed by atoms with Crippen molar-refractivity contribution < 1.29 is 25.9 Å². The van der Waals surface area contributed by atoms with Crippen LogP contribution in [0.5, 0.6) is 0 Å². The van der Waals surface area contributed by atoms with Crippen LogP contribution in [-0.2, 0) is 29.7 Å². The normalized spacial score (nSPS) is 23.3. The lowest BCUT2D eigenvalue weighted by atomic mass is 9.76. The summed E-state index contributed by atoms with van der Waals surface area (Å²) in [6, 6.07) is 14.3. The van der Waals surface area contributed by atoms with Crippen molar-refractivity contribution in [3.63, 3.8) is 0 Å². The Balaban J connectivity index is 1.59. The molecule has 18 heteroatoms. The Morgan fingerprint density at radius 2 is 0.900 bits per heavy atom. The monoisotopic (exact) mass is 792 g/mol. The third kappa shape index (κ3) is 5.09. The van der Waals surface area contributed by atoms with Gasteiger partial charge in [-0.05, 0) is 69.8 Å². The quantitative estimate of drug-likeness (QED) is 0.0801. The summed E-state index contributed by atoms with van der Waals surface area (Å²) in [5.41, 5.74) is 28.4. The van der Waals surface area contributed by atoms with Gasteiger partial charge in [-0.25, -0.2) is 11.1 Å². The zero-order valence-corrected chi connectivity index (χ0v) is 29.8. The van der Waals surface area contributed by atoms with Crippen LogP contribution in [0, 0.1) is 11.1 Å². The van der Waals surface area contributed by atoms with E-state index in [0.29, 0.717) is 11.1 Å². The third-order valence-corrected chi connectivity index (χ3v) is 13.2. The van der Waals surface area contributed by atoms with Crippen LogP contribution in [-0.4, -0.2) is 38.0 Å². The van der Waals surface area contributed by atoms with E-state index in [-0.39, 0.29) is 64.9 Å². The van der Waals surface area contributed by atoms with Crippen molar-refractivity contribution in [3.8, 4) is 11.1 Å². The topological polar surface area (TPSA) is 233 Å². The summed E-state index contributed by atoms with van der Waals surface area (Å²) in [4.78, 5) is 0. The molecule has 4 aromatic rings. The van der Waals surface area contributed by atoms with E-state index in [9.17, 15) is 25.9 Å². The Bertz CT molecular complexity index is 2230. The Labute approximate surface area is 306 Å². The van der Waals surface area contributed by atoms with Crippen molar-refractivity contribution in [1.29, 1.82) is 11.1 Å². The average molecular weight is 795 g/mol. The standard InChI is InChI=1S/C32H24Cl4N6O6S2/c33-21-9-17(10-22(34)27(21)31(49(43,44)45)19-7-3-1-5-15(19)13-25(41-39)29(31)37)18-11-23(35)28(24(36)12-18)32(50(46,47)48)20-8-4-2-6-16(20)14-26(42-40)30(32)38/h1-14,29-30,39-40H,37-38H2,(H,43,44,45)(H,46,47,48). The summed E-state index contributed by atoms with van der Waals surface area (Å²) in [6.45, 7) is 0. The SMILES string of the molecule is N=NC1=Cc2ccccc2C(c2c(Cl)cc(-c3cc(Cl)c(C4(S(=O)(=O)O)c5ccccc5C=C(N=N)C4N)c(Cl)c3)cc2Cl)(S(=O)(=O)O)C1N. The van der Waals surface area contributed by atoms with Crippen LogP contribution in [0.3, 0.4) is 0 Å². The average Bonchev–Trinajstić information content (AvgIpc) is 3.04. The van der Waals surface area contributed by atoms with Crippen molar-refractivity contribution in [2.75, 3.05) is 0 Å². The highest BCUT2D eigenvalue weighted by molar-refractivity contribution is 7.87. The zero-order chi connectivity index (χ0) is 36.6. The fourth-order valence-corrected chi connectivity index (χ4v) is 11.6.